The Kier molecular flexibility index (Phi) is 8.42. The summed E-state index contributed by atoms with van der Waals surface area (Å²) in [5, 5.41) is 3.66. The third-order valence-electron chi connectivity index (χ3n) is 16.8. The number of thiophene rings is 1. The van der Waals surface area contributed by atoms with Crippen LogP contribution in [-0.2, 0) is 27.1 Å². The minimum absolute atomic E-state index is 0.0221. The Labute approximate surface area is 406 Å². The molecule has 9 aromatic rings. The Balaban J connectivity index is 1.22. The summed E-state index contributed by atoms with van der Waals surface area (Å²) >= 11 is 2.03. The largest absolute Gasteiger partial charge is 0.456 e. The molecule has 4 heterocycles. The molecule has 0 radical (unpaired) electrons. The van der Waals surface area contributed by atoms with Crippen LogP contribution in [0.25, 0.3) is 54.3 Å². The van der Waals surface area contributed by atoms with Gasteiger partial charge in [0.05, 0.1) is 5.69 Å². The lowest BCUT2D eigenvalue weighted by Gasteiger charge is -2.46. The Morgan fingerprint density at radius 2 is 1.16 bits per heavy atom. The van der Waals surface area contributed by atoms with Gasteiger partial charge in [0.1, 0.15) is 11.2 Å². The summed E-state index contributed by atoms with van der Waals surface area (Å²) in [5.41, 5.74) is 23.1. The first-order chi connectivity index (χ1) is 32.2. The highest BCUT2D eigenvalue weighted by molar-refractivity contribution is 7.32. The second-order valence-corrected chi connectivity index (χ2v) is 25.5. The normalized spacial score (nSPS) is 17.3. The van der Waals surface area contributed by atoms with Crippen molar-refractivity contribution in [2.45, 2.75) is 123 Å². The van der Waals surface area contributed by atoms with Gasteiger partial charge in [-0.1, -0.05) is 150 Å². The molecule has 0 spiro atoms. The van der Waals surface area contributed by atoms with Gasteiger partial charge in [0.2, 0.25) is 0 Å². The van der Waals surface area contributed by atoms with Gasteiger partial charge in [-0.15, -0.1) is 11.3 Å². The number of nitrogens with zero attached hydrogens (tertiary/aromatic N) is 2. The fourth-order valence-corrected chi connectivity index (χ4v) is 14.2. The molecule has 2 aliphatic heterocycles. The number of rotatable bonds is 2. The molecular formula is C63H61BN2OS. The van der Waals surface area contributed by atoms with E-state index in [2.05, 4.69) is 220 Å². The van der Waals surface area contributed by atoms with Crippen molar-refractivity contribution in [3.8, 4) is 22.3 Å². The fourth-order valence-electron chi connectivity index (χ4n) is 12.8. The average molecular weight is 905 g/mol. The van der Waals surface area contributed by atoms with E-state index in [4.69, 9.17) is 4.42 Å². The summed E-state index contributed by atoms with van der Waals surface area (Å²) in [7, 11) is 0. The second kappa shape index (κ2) is 13.6. The van der Waals surface area contributed by atoms with Crippen molar-refractivity contribution in [2.75, 3.05) is 9.71 Å². The molecule has 338 valence electrons. The molecule has 0 bridgehead atoms. The van der Waals surface area contributed by atoms with Crippen molar-refractivity contribution in [3.63, 3.8) is 0 Å². The molecule has 0 saturated heterocycles. The fraction of sp³-hybridized carbons (Fsp3) is 0.302. The molecule has 4 aliphatic rings. The topological polar surface area (TPSA) is 19.6 Å². The van der Waals surface area contributed by atoms with Gasteiger partial charge in [-0.2, -0.15) is 0 Å². The quantitative estimate of drug-likeness (QED) is 0.161. The van der Waals surface area contributed by atoms with Gasteiger partial charge in [0.25, 0.3) is 0 Å². The van der Waals surface area contributed by atoms with Gasteiger partial charge in [0, 0.05) is 59.4 Å². The van der Waals surface area contributed by atoms with Crippen molar-refractivity contribution >= 4 is 88.9 Å². The van der Waals surface area contributed by atoms with Gasteiger partial charge in [0.15, 0.2) is 0 Å². The van der Waals surface area contributed by atoms with E-state index in [1.54, 1.807) is 0 Å². The Morgan fingerprint density at radius 3 is 1.84 bits per heavy atom. The van der Waals surface area contributed by atoms with Crippen LogP contribution in [0.5, 0.6) is 0 Å². The highest BCUT2D eigenvalue weighted by atomic mass is 32.1. The first kappa shape index (κ1) is 42.1. The molecule has 13 rings (SSSR count). The molecular weight excluding hydrogens is 844 g/mol. The maximum absolute atomic E-state index is 6.84. The third kappa shape index (κ3) is 5.72. The first-order valence-corrected chi connectivity index (χ1v) is 25.7. The monoisotopic (exact) mass is 904 g/mol. The number of fused-ring (bicyclic) bond motifs is 14. The van der Waals surface area contributed by atoms with Crippen LogP contribution in [0.1, 0.15) is 129 Å². The van der Waals surface area contributed by atoms with E-state index in [-0.39, 0.29) is 33.9 Å². The summed E-state index contributed by atoms with van der Waals surface area (Å²) in [6, 6.07) is 49.5. The van der Waals surface area contributed by atoms with E-state index in [1.807, 2.05) is 11.3 Å². The van der Waals surface area contributed by atoms with Gasteiger partial charge >= 0.3 is 6.85 Å². The number of hydrogen-bond donors (Lipinski definition) is 0. The minimum Gasteiger partial charge on any atom is -0.456 e. The van der Waals surface area contributed by atoms with Gasteiger partial charge in [-0.05, 0) is 151 Å². The summed E-state index contributed by atoms with van der Waals surface area (Å²) < 4.78 is 9.60. The maximum Gasteiger partial charge on any atom is 0.343 e. The molecule has 5 heteroatoms. The lowest BCUT2D eigenvalue weighted by Crippen LogP contribution is -2.61. The summed E-state index contributed by atoms with van der Waals surface area (Å²) in [6.07, 6.45) is 2.35. The highest BCUT2D eigenvalue weighted by Gasteiger charge is 2.52. The average Bonchev–Trinajstić information content (AvgIpc) is 3.93. The van der Waals surface area contributed by atoms with E-state index in [9.17, 15) is 0 Å². The van der Waals surface area contributed by atoms with Gasteiger partial charge in [-0.3, -0.25) is 0 Å². The van der Waals surface area contributed by atoms with Crippen LogP contribution in [0.15, 0.2) is 132 Å². The lowest BCUT2D eigenvalue weighted by atomic mass is 9.45. The van der Waals surface area contributed by atoms with Gasteiger partial charge in [-0.25, -0.2) is 0 Å². The highest BCUT2D eigenvalue weighted by Crippen LogP contribution is 2.60. The number of furan rings is 1. The number of para-hydroxylation sites is 1. The number of benzene rings is 7. The third-order valence-corrected chi connectivity index (χ3v) is 18.0. The van der Waals surface area contributed by atoms with Crippen molar-refractivity contribution in [3.05, 3.63) is 161 Å². The molecule has 2 aliphatic carbocycles. The predicted octanol–water partition coefficient (Wildman–Crippen LogP) is 16.8. The molecule has 0 atom stereocenters. The zero-order valence-corrected chi connectivity index (χ0v) is 42.6. The number of hydrogen-bond acceptors (Lipinski definition) is 4. The molecule has 68 heavy (non-hydrogen) atoms. The van der Waals surface area contributed by atoms with E-state index in [0.29, 0.717) is 0 Å². The smallest absolute Gasteiger partial charge is 0.343 e. The van der Waals surface area contributed by atoms with Crippen molar-refractivity contribution in [1.82, 2.24) is 0 Å². The zero-order valence-electron chi connectivity index (χ0n) is 41.8. The van der Waals surface area contributed by atoms with Crippen LogP contribution in [-0.4, -0.2) is 6.85 Å². The maximum atomic E-state index is 6.84. The van der Waals surface area contributed by atoms with Crippen LogP contribution >= 0.6 is 11.3 Å². The SMILES string of the molecule is CC(C)(C)c1ccc(N2B3c4sc5cc6c(cc5c4N(c4ccc(C(C)(C)C)cc4)c4cc5c(c(c43)-c3cc4oc7ccccc7c4cc32)C(C)(C)c2ccccc2-5)C(C)(C)CCC6(C)C)cc1. The van der Waals surface area contributed by atoms with Crippen LogP contribution in [0.3, 0.4) is 0 Å². The molecule has 0 N–H and O–H groups in total. The van der Waals surface area contributed by atoms with Crippen molar-refractivity contribution in [2.24, 2.45) is 0 Å². The van der Waals surface area contributed by atoms with E-state index >= 15 is 0 Å². The summed E-state index contributed by atoms with van der Waals surface area (Å²) in [4.78, 5) is 5.40. The van der Waals surface area contributed by atoms with Gasteiger partial charge < -0.3 is 14.1 Å². The van der Waals surface area contributed by atoms with Crippen molar-refractivity contribution < 1.29 is 4.42 Å². The minimum atomic E-state index is -0.257. The van der Waals surface area contributed by atoms with E-state index in [1.165, 1.54) is 117 Å². The molecule has 0 fully saturated rings. The van der Waals surface area contributed by atoms with Crippen molar-refractivity contribution in [1.29, 1.82) is 0 Å². The Hall–Kier alpha value is -6.04. The number of anilines is 5. The summed E-state index contributed by atoms with van der Waals surface area (Å²) in [6.45, 7) is 28.6. The Bertz CT molecular complexity index is 3630. The Morgan fingerprint density at radius 1 is 0.544 bits per heavy atom. The lowest BCUT2D eigenvalue weighted by molar-refractivity contribution is 0.332. The van der Waals surface area contributed by atoms with Crippen LogP contribution in [0.2, 0.25) is 0 Å². The standard InChI is InChI=1S/C63H61BN2OS/c1-59(2,3)36-21-25-38(26-22-36)65-50-33-43-40-17-13-15-19-46(40)63(11,12)55(43)54-44-34-52-42(41-18-14-16-20-51(41)67-52)32-49(44)66(39-27-23-37(24-28-39)60(4,5)6)64(56(50)54)58-57(65)45-31-47-48(35-53(45)68-58)62(9,10)30-29-61(47,7)8/h13-28,31-35H,29-30H2,1-12H3. The van der Waals surface area contributed by atoms with Crippen LogP contribution < -0.4 is 20.0 Å². The molecule has 0 unspecified atom stereocenters. The summed E-state index contributed by atoms with van der Waals surface area (Å²) in [5.74, 6) is 0. The van der Waals surface area contributed by atoms with Crippen LogP contribution in [0.4, 0.5) is 28.4 Å². The predicted molar refractivity (Wildman–Crippen MR) is 293 cm³/mol. The molecule has 0 amide bonds. The molecule has 2 aromatic heterocycles. The molecule has 7 aromatic carbocycles. The zero-order chi connectivity index (χ0) is 47.2. The van der Waals surface area contributed by atoms with E-state index < -0.39 is 0 Å². The van der Waals surface area contributed by atoms with Crippen LogP contribution in [0, 0.1) is 0 Å². The second-order valence-electron chi connectivity index (χ2n) is 24.4. The first-order valence-electron chi connectivity index (χ1n) is 24.9. The molecule has 0 saturated carbocycles. The van der Waals surface area contributed by atoms with E-state index in [0.717, 1.165) is 21.9 Å². The molecule has 3 nitrogen and oxygen atoms in total.